The first-order valence-corrected chi connectivity index (χ1v) is 12.0. The van der Waals surface area contributed by atoms with Crippen molar-refractivity contribution < 1.29 is 9.50 Å². The summed E-state index contributed by atoms with van der Waals surface area (Å²) < 4.78 is 14.6. The molecule has 11 heteroatoms. The van der Waals surface area contributed by atoms with Gasteiger partial charge in [-0.2, -0.15) is 5.10 Å². The van der Waals surface area contributed by atoms with Gasteiger partial charge in [-0.05, 0) is 56.1 Å². The fraction of sp³-hybridized carbons (Fsp3) is 0.148. The van der Waals surface area contributed by atoms with E-state index >= 15 is 0 Å². The number of fused-ring (bicyclic) bond motifs is 2. The lowest BCUT2D eigenvalue weighted by Gasteiger charge is -2.13. The first-order chi connectivity index (χ1) is 18.4. The molecule has 0 spiro atoms. The molecule has 5 heterocycles. The van der Waals surface area contributed by atoms with Crippen LogP contribution < -0.4 is 5.32 Å². The maximum atomic E-state index is 14.6. The Labute approximate surface area is 216 Å². The fourth-order valence-corrected chi connectivity index (χ4v) is 4.36. The summed E-state index contributed by atoms with van der Waals surface area (Å²) in [7, 11) is 3.98. The maximum Gasteiger partial charge on any atom is 0.181 e. The van der Waals surface area contributed by atoms with Gasteiger partial charge in [-0.3, -0.25) is 10.1 Å². The van der Waals surface area contributed by atoms with Gasteiger partial charge in [0, 0.05) is 54.1 Å². The minimum Gasteiger partial charge on any atom is -0.506 e. The molecule has 10 nitrogen and oxygen atoms in total. The zero-order valence-electron chi connectivity index (χ0n) is 20.7. The first kappa shape index (κ1) is 23.5. The number of hydrogen-bond acceptors (Lipinski definition) is 8. The SMILES string of the molecule is CN(C)CCNc1cc(F)cc(-c2ccnc3nc(-c4[nH]nc5ncc(-c6cncc(O)c6)cc45)[nH]c23)c1. The third kappa shape index (κ3) is 4.50. The number of rotatable bonds is 7. The molecule has 5 aromatic heterocycles. The molecule has 0 unspecified atom stereocenters. The standard InChI is InChI=1S/C27H24FN9O/c1-37(2)6-5-30-19-8-15(7-18(28)11-19)21-3-4-31-26-23(21)33-27(34-26)24-22-10-17(13-32-25(22)36-35-24)16-9-20(38)14-29-12-16/h3-4,7-14,30,38H,5-6H2,1-2H3,(H,31,33,34)(H,32,35,36). The monoisotopic (exact) mass is 509 g/mol. The van der Waals surface area contributed by atoms with Crippen molar-refractivity contribution >= 4 is 27.9 Å². The topological polar surface area (TPSA) is 132 Å². The van der Waals surface area contributed by atoms with Gasteiger partial charge < -0.3 is 20.3 Å². The molecule has 0 saturated carbocycles. The van der Waals surface area contributed by atoms with Crippen molar-refractivity contribution in [3.8, 4) is 39.5 Å². The Bertz CT molecular complexity index is 1780. The Morgan fingerprint density at radius 1 is 0.974 bits per heavy atom. The van der Waals surface area contributed by atoms with Crippen molar-refractivity contribution in [3.05, 3.63) is 67.0 Å². The third-order valence-corrected chi connectivity index (χ3v) is 6.19. The van der Waals surface area contributed by atoms with Gasteiger partial charge in [0.2, 0.25) is 0 Å². The van der Waals surface area contributed by atoms with E-state index in [-0.39, 0.29) is 11.6 Å². The molecule has 1 aromatic carbocycles. The minimum atomic E-state index is -0.334. The zero-order chi connectivity index (χ0) is 26.2. The number of benzene rings is 1. The number of aromatic hydroxyl groups is 1. The van der Waals surface area contributed by atoms with Crippen LogP contribution in [0.2, 0.25) is 0 Å². The minimum absolute atomic E-state index is 0.0688. The second kappa shape index (κ2) is 9.52. The van der Waals surface area contributed by atoms with Crippen molar-refractivity contribution in [3.63, 3.8) is 0 Å². The molecule has 0 radical (unpaired) electrons. The first-order valence-electron chi connectivity index (χ1n) is 12.0. The van der Waals surface area contributed by atoms with Gasteiger partial charge in [-0.1, -0.05) is 0 Å². The Morgan fingerprint density at radius 3 is 2.68 bits per heavy atom. The fourth-order valence-electron chi connectivity index (χ4n) is 4.36. The van der Waals surface area contributed by atoms with Crippen molar-refractivity contribution in [2.75, 3.05) is 32.5 Å². The maximum absolute atomic E-state index is 14.6. The predicted octanol–water partition coefficient (Wildman–Crippen LogP) is 4.44. The van der Waals surface area contributed by atoms with E-state index in [9.17, 15) is 9.50 Å². The third-order valence-electron chi connectivity index (χ3n) is 6.19. The summed E-state index contributed by atoms with van der Waals surface area (Å²) in [6.07, 6.45) is 6.36. The molecule has 0 aliphatic heterocycles. The smallest absolute Gasteiger partial charge is 0.181 e. The van der Waals surface area contributed by atoms with Crippen LogP contribution in [0.3, 0.4) is 0 Å². The van der Waals surface area contributed by atoms with Crippen LogP contribution >= 0.6 is 0 Å². The van der Waals surface area contributed by atoms with Crippen LogP contribution in [0.1, 0.15) is 0 Å². The van der Waals surface area contributed by atoms with E-state index in [0.29, 0.717) is 46.1 Å². The van der Waals surface area contributed by atoms with Gasteiger partial charge in [-0.15, -0.1) is 0 Å². The number of hydrogen-bond donors (Lipinski definition) is 4. The van der Waals surface area contributed by atoms with Crippen LogP contribution in [-0.4, -0.2) is 72.3 Å². The Morgan fingerprint density at radius 2 is 1.84 bits per heavy atom. The highest BCUT2D eigenvalue weighted by Gasteiger charge is 2.17. The van der Waals surface area contributed by atoms with Crippen LogP contribution in [-0.2, 0) is 0 Å². The second-order valence-corrected chi connectivity index (χ2v) is 9.23. The number of pyridine rings is 3. The zero-order valence-corrected chi connectivity index (χ0v) is 20.7. The summed E-state index contributed by atoms with van der Waals surface area (Å²) in [4.78, 5) is 23.0. The molecule has 190 valence electrons. The number of likely N-dealkylation sites (N-methyl/N-ethyl adjacent to an activating group) is 1. The van der Waals surface area contributed by atoms with Gasteiger partial charge in [0.15, 0.2) is 17.1 Å². The number of H-pyrrole nitrogens is 2. The lowest BCUT2D eigenvalue weighted by atomic mass is 10.0. The summed E-state index contributed by atoms with van der Waals surface area (Å²) in [6, 6.07) is 10.3. The summed E-state index contributed by atoms with van der Waals surface area (Å²) in [5, 5.41) is 21.2. The molecule has 0 atom stereocenters. The highest BCUT2D eigenvalue weighted by atomic mass is 19.1. The predicted molar refractivity (Wildman–Crippen MR) is 144 cm³/mol. The average molecular weight is 510 g/mol. The van der Waals surface area contributed by atoms with Crippen molar-refractivity contribution in [2.45, 2.75) is 0 Å². The molecular weight excluding hydrogens is 485 g/mol. The van der Waals surface area contributed by atoms with Crippen LogP contribution in [0.25, 0.3) is 56.0 Å². The molecule has 6 aromatic rings. The van der Waals surface area contributed by atoms with E-state index in [1.54, 1.807) is 24.7 Å². The van der Waals surface area contributed by atoms with E-state index in [0.717, 1.165) is 28.6 Å². The lowest BCUT2D eigenvalue weighted by Crippen LogP contribution is -2.20. The van der Waals surface area contributed by atoms with Crippen LogP contribution in [0.4, 0.5) is 10.1 Å². The summed E-state index contributed by atoms with van der Waals surface area (Å²) in [6.45, 7) is 1.52. The molecule has 4 N–H and O–H groups in total. The summed E-state index contributed by atoms with van der Waals surface area (Å²) >= 11 is 0. The number of nitrogens with one attached hydrogen (secondary N) is 3. The Balaban J connectivity index is 1.40. The van der Waals surface area contributed by atoms with Crippen molar-refractivity contribution in [1.29, 1.82) is 0 Å². The molecule has 0 bridgehead atoms. The van der Waals surface area contributed by atoms with E-state index in [4.69, 9.17) is 0 Å². The molecular formula is C27H24FN9O. The second-order valence-electron chi connectivity index (χ2n) is 9.23. The van der Waals surface area contributed by atoms with Crippen LogP contribution in [0.15, 0.2) is 61.2 Å². The number of aromatic amines is 2. The number of nitrogens with zero attached hydrogens (tertiary/aromatic N) is 6. The number of halogens is 1. The van der Waals surface area contributed by atoms with Gasteiger partial charge in [0.25, 0.3) is 0 Å². The van der Waals surface area contributed by atoms with Gasteiger partial charge >= 0.3 is 0 Å². The largest absolute Gasteiger partial charge is 0.506 e. The molecule has 0 saturated heterocycles. The highest BCUT2D eigenvalue weighted by molar-refractivity contribution is 5.96. The van der Waals surface area contributed by atoms with E-state index in [2.05, 4.69) is 45.3 Å². The normalized spacial score (nSPS) is 11.6. The molecule has 38 heavy (non-hydrogen) atoms. The Hall–Kier alpha value is -4.90. The Kier molecular flexibility index (Phi) is 5.89. The molecule has 6 rings (SSSR count). The highest BCUT2D eigenvalue weighted by Crippen LogP contribution is 2.33. The van der Waals surface area contributed by atoms with E-state index < -0.39 is 0 Å². The molecule has 0 aliphatic rings. The van der Waals surface area contributed by atoms with E-state index in [1.165, 1.54) is 18.3 Å². The molecule has 0 fully saturated rings. The van der Waals surface area contributed by atoms with Gasteiger partial charge in [0.05, 0.1) is 17.1 Å². The van der Waals surface area contributed by atoms with Gasteiger partial charge in [-0.25, -0.2) is 19.3 Å². The lowest BCUT2D eigenvalue weighted by molar-refractivity contribution is 0.425. The van der Waals surface area contributed by atoms with Crippen molar-refractivity contribution in [2.24, 2.45) is 0 Å². The van der Waals surface area contributed by atoms with Crippen LogP contribution in [0.5, 0.6) is 5.75 Å². The average Bonchev–Trinajstić information content (AvgIpc) is 3.51. The molecule has 0 aliphatic carbocycles. The quantitative estimate of drug-likeness (QED) is 0.248. The van der Waals surface area contributed by atoms with Crippen molar-refractivity contribution in [1.82, 2.24) is 40.0 Å². The van der Waals surface area contributed by atoms with Gasteiger partial charge in [0.1, 0.15) is 17.3 Å². The molecule has 0 amide bonds. The number of imidazole rings is 1. The van der Waals surface area contributed by atoms with E-state index in [1.807, 2.05) is 32.3 Å². The van der Waals surface area contributed by atoms with Crippen LogP contribution in [0, 0.1) is 5.82 Å². The number of aromatic nitrogens is 7. The number of anilines is 1. The summed E-state index contributed by atoms with van der Waals surface area (Å²) in [5.41, 5.74) is 6.00. The summed E-state index contributed by atoms with van der Waals surface area (Å²) in [5.74, 6) is 0.259.